The summed E-state index contributed by atoms with van der Waals surface area (Å²) in [5, 5.41) is 10.9. The number of benzene rings is 1. The standard InChI is InChI=1S/C19H24N2O4.ClH.2H2O/c1-21(20)7-6-19-10-14(22)16(25-3)9-12(19)13(21)8-11-4-5-15(24-2)18(23)17(11)19;;;/h4-5,9,12-13H,6-8,10,20H2,1-3H3;1H;2*1H2/t12-,13+,19-,21+;;;/m1.../s1. The SMILES string of the molecule is COC1=C[C@@H]2[C@@H]3Cc4ccc(OC)c(O)c4[C@]2(CC[N@+]3(C)N)CC1=O.O.O.[Cl-]. The molecule has 1 saturated heterocycles. The van der Waals surface area contributed by atoms with E-state index in [0.717, 1.165) is 30.5 Å². The highest BCUT2D eigenvalue weighted by Gasteiger charge is 2.61. The average molecular weight is 417 g/mol. The first kappa shape index (κ1) is 24.2. The van der Waals surface area contributed by atoms with Gasteiger partial charge in [-0.1, -0.05) is 6.07 Å². The van der Waals surface area contributed by atoms with Crippen LogP contribution in [0.3, 0.4) is 0 Å². The van der Waals surface area contributed by atoms with Gasteiger partial charge >= 0.3 is 0 Å². The highest BCUT2D eigenvalue weighted by Crippen LogP contribution is 2.58. The smallest absolute Gasteiger partial charge is 0.197 e. The van der Waals surface area contributed by atoms with Crippen LogP contribution < -0.4 is 23.0 Å². The van der Waals surface area contributed by atoms with Gasteiger partial charge < -0.3 is 37.9 Å². The van der Waals surface area contributed by atoms with E-state index in [-0.39, 0.29) is 46.9 Å². The van der Waals surface area contributed by atoms with Gasteiger partial charge in [0, 0.05) is 36.2 Å². The van der Waals surface area contributed by atoms with Crippen molar-refractivity contribution in [3.05, 3.63) is 35.1 Å². The fourth-order valence-electron chi connectivity index (χ4n) is 5.24. The van der Waals surface area contributed by atoms with Crippen molar-refractivity contribution in [1.29, 1.82) is 0 Å². The molecule has 1 heterocycles. The number of rotatable bonds is 2. The zero-order valence-corrected chi connectivity index (χ0v) is 17.0. The summed E-state index contributed by atoms with van der Waals surface area (Å²) in [7, 11) is 5.12. The van der Waals surface area contributed by atoms with Gasteiger partial charge in [0.1, 0.15) is 6.04 Å². The highest BCUT2D eigenvalue weighted by atomic mass is 35.5. The van der Waals surface area contributed by atoms with E-state index in [9.17, 15) is 9.90 Å². The predicted octanol–water partition coefficient (Wildman–Crippen LogP) is -3.24. The van der Waals surface area contributed by atoms with Crippen molar-refractivity contribution in [3.8, 4) is 11.5 Å². The molecule has 0 amide bonds. The van der Waals surface area contributed by atoms with Crippen molar-refractivity contribution < 1.29 is 47.3 Å². The van der Waals surface area contributed by atoms with E-state index < -0.39 is 5.41 Å². The number of quaternary nitrogens is 1. The van der Waals surface area contributed by atoms with Crippen molar-refractivity contribution in [2.24, 2.45) is 11.8 Å². The summed E-state index contributed by atoms with van der Waals surface area (Å²) in [6.45, 7) is 0.765. The molecule has 1 fully saturated rings. The minimum absolute atomic E-state index is 0. The van der Waals surface area contributed by atoms with E-state index in [1.807, 2.05) is 19.2 Å². The third-order valence-corrected chi connectivity index (χ3v) is 6.53. The van der Waals surface area contributed by atoms with Crippen LogP contribution >= 0.6 is 0 Å². The molecular formula is C19H29ClN2O6. The Labute approximate surface area is 170 Å². The minimum Gasteiger partial charge on any atom is -1.00 e. The lowest BCUT2D eigenvalue weighted by atomic mass is 9.53. The topological polar surface area (TPSA) is 145 Å². The van der Waals surface area contributed by atoms with Crippen molar-refractivity contribution in [1.82, 2.24) is 0 Å². The van der Waals surface area contributed by atoms with E-state index in [0.29, 0.717) is 22.5 Å². The number of ketones is 1. The zero-order valence-electron chi connectivity index (χ0n) is 16.3. The summed E-state index contributed by atoms with van der Waals surface area (Å²) >= 11 is 0. The Bertz CT molecular complexity index is 797. The van der Waals surface area contributed by atoms with Crippen LogP contribution in [-0.2, 0) is 21.4 Å². The summed E-state index contributed by atoms with van der Waals surface area (Å²) < 4.78 is 11.1. The molecule has 0 unspecified atom stereocenters. The van der Waals surface area contributed by atoms with Gasteiger partial charge in [-0.15, -0.1) is 0 Å². The average Bonchev–Trinajstić information content (AvgIpc) is 2.58. The van der Waals surface area contributed by atoms with Gasteiger partial charge in [0.25, 0.3) is 0 Å². The number of fused-ring (bicyclic) bond motifs is 1. The molecule has 1 aromatic rings. The number of hydrogen-bond acceptors (Lipinski definition) is 5. The number of ether oxygens (including phenoxy) is 2. The first-order valence-electron chi connectivity index (χ1n) is 8.66. The molecule has 28 heavy (non-hydrogen) atoms. The van der Waals surface area contributed by atoms with Gasteiger partial charge in [-0.3, -0.25) is 4.79 Å². The summed E-state index contributed by atoms with van der Waals surface area (Å²) in [6.07, 6.45) is 3.78. The number of carbonyl (C=O) groups is 1. The van der Waals surface area contributed by atoms with E-state index in [2.05, 4.69) is 0 Å². The van der Waals surface area contributed by atoms with Gasteiger partial charge in [0.15, 0.2) is 23.0 Å². The van der Waals surface area contributed by atoms with E-state index >= 15 is 0 Å². The zero-order chi connectivity index (χ0) is 18.0. The molecule has 2 aliphatic carbocycles. The maximum absolute atomic E-state index is 12.7. The number of likely N-dealkylation sites (N-methyl/N-ethyl adjacent to an activating group) is 1. The van der Waals surface area contributed by atoms with E-state index in [1.165, 1.54) is 7.11 Å². The van der Waals surface area contributed by atoms with Gasteiger partial charge in [-0.05, 0) is 17.7 Å². The van der Waals surface area contributed by atoms with Crippen molar-refractivity contribution >= 4 is 5.78 Å². The van der Waals surface area contributed by atoms with Crippen LogP contribution in [0.15, 0.2) is 24.0 Å². The molecule has 0 spiro atoms. The van der Waals surface area contributed by atoms with Crippen LogP contribution in [0.25, 0.3) is 0 Å². The maximum atomic E-state index is 12.7. The monoisotopic (exact) mass is 416 g/mol. The number of likely N-dealkylation sites (tertiary alicyclic amines) is 1. The third kappa shape index (κ3) is 3.05. The maximum Gasteiger partial charge on any atom is 0.197 e. The Morgan fingerprint density at radius 1 is 1.25 bits per heavy atom. The predicted molar refractivity (Wildman–Crippen MR) is 99.1 cm³/mol. The van der Waals surface area contributed by atoms with Crippen LogP contribution in [-0.4, -0.2) is 60.3 Å². The number of phenolic OH excluding ortho intramolecular Hbond substituents is 1. The molecule has 0 aromatic heterocycles. The lowest BCUT2D eigenvalue weighted by Crippen LogP contribution is -3.00. The number of halogens is 1. The second-order valence-corrected chi connectivity index (χ2v) is 7.76. The van der Waals surface area contributed by atoms with Crippen LogP contribution in [0.2, 0.25) is 0 Å². The quantitative estimate of drug-likeness (QED) is 0.384. The number of nitrogens with zero attached hydrogens (tertiary/aromatic N) is 1. The molecule has 4 atom stereocenters. The Kier molecular flexibility index (Phi) is 6.81. The summed E-state index contributed by atoms with van der Waals surface area (Å²) in [5.74, 6) is 7.67. The van der Waals surface area contributed by atoms with Crippen LogP contribution in [0.4, 0.5) is 0 Å². The molecule has 7 N–H and O–H groups in total. The van der Waals surface area contributed by atoms with E-state index in [4.69, 9.17) is 15.3 Å². The van der Waals surface area contributed by atoms with Crippen molar-refractivity contribution in [2.75, 3.05) is 27.8 Å². The fourth-order valence-corrected chi connectivity index (χ4v) is 5.24. The number of methoxy groups -OCH3 is 2. The second-order valence-electron chi connectivity index (χ2n) is 7.76. The summed E-state index contributed by atoms with van der Waals surface area (Å²) in [5.41, 5.74) is 1.50. The normalized spacial score (nSPS) is 32.3. The van der Waals surface area contributed by atoms with Gasteiger partial charge in [-0.25, -0.2) is 4.59 Å². The second kappa shape index (κ2) is 7.88. The third-order valence-electron chi connectivity index (χ3n) is 6.53. The Hall–Kier alpha value is -1.84. The molecule has 0 saturated carbocycles. The van der Waals surface area contributed by atoms with Crippen LogP contribution in [0.5, 0.6) is 11.5 Å². The highest BCUT2D eigenvalue weighted by molar-refractivity contribution is 5.96. The molecule has 158 valence electrons. The molecule has 3 aliphatic rings. The molecule has 9 heteroatoms. The Morgan fingerprint density at radius 2 is 1.93 bits per heavy atom. The number of aromatic hydroxyl groups is 1. The Balaban J connectivity index is 0.00000131. The Morgan fingerprint density at radius 3 is 2.54 bits per heavy atom. The van der Waals surface area contributed by atoms with Crippen LogP contribution in [0.1, 0.15) is 24.0 Å². The number of carbonyl (C=O) groups excluding carboxylic acids is 1. The van der Waals surface area contributed by atoms with Gasteiger partial charge in [-0.2, -0.15) is 5.84 Å². The summed E-state index contributed by atoms with van der Waals surface area (Å²) in [6, 6.07) is 3.94. The summed E-state index contributed by atoms with van der Waals surface area (Å²) in [4.78, 5) is 12.7. The molecular weight excluding hydrogens is 388 g/mol. The molecule has 0 radical (unpaired) electrons. The van der Waals surface area contributed by atoms with Crippen molar-refractivity contribution in [2.45, 2.75) is 30.7 Å². The first-order chi connectivity index (χ1) is 11.8. The molecule has 8 nitrogen and oxygen atoms in total. The van der Waals surface area contributed by atoms with E-state index in [1.54, 1.807) is 13.2 Å². The number of nitrogens with two attached hydrogens (primary N) is 1. The largest absolute Gasteiger partial charge is 1.00 e. The lowest BCUT2D eigenvalue weighted by Gasteiger charge is -2.57. The number of Topliss-reactive ketones (excluding diaryl/α,β-unsaturated/α-hetero) is 1. The minimum atomic E-state index is -0.437. The van der Waals surface area contributed by atoms with Crippen molar-refractivity contribution in [3.63, 3.8) is 0 Å². The molecule has 2 bridgehead atoms. The number of hydrogen-bond donors (Lipinski definition) is 2. The molecule has 1 aliphatic heterocycles. The number of phenols is 1. The number of piperidine rings is 1. The fraction of sp³-hybridized carbons (Fsp3) is 0.526. The molecule has 4 rings (SSSR count). The lowest BCUT2D eigenvalue weighted by molar-refractivity contribution is -0.955. The number of allylic oxidation sites excluding steroid dienone is 1. The molecule has 1 aromatic carbocycles. The van der Waals surface area contributed by atoms with Gasteiger partial charge in [0.2, 0.25) is 0 Å². The van der Waals surface area contributed by atoms with Crippen LogP contribution in [0, 0.1) is 5.92 Å². The first-order valence-corrected chi connectivity index (χ1v) is 8.66. The van der Waals surface area contributed by atoms with Gasteiger partial charge in [0.05, 0.1) is 27.8 Å².